The number of hydrogen-bond donors (Lipinski definition) is 0. The van der Waals surface area contributed by atoms with Crippen LogP contribution in [0.15, 0.2) is 54.6 Å². The third-order valence-electron chi connectivity index (χ3n) is 3.95. The number of carbonyl (C=O) groups is 2. The highest BCUT2D eigenvalue weighted by Gasteiger charge is 2.26. The first-order valence-corrected chi connectivity index (χ1v) is 10.0. The fourth-order valence-electron chi connectivity index (χ4n) is 2.54. The monoisotopic (exact) mass is 390 g/mol. The van der Waals surface area contributed by atoms with E-state index in [9.17, 15) is 18.0 Å². The van der Waals surface area contributed by atoms with Crippen molar-refractivity contribution in [3.63, 3.8) is 0 Å². The Morgan fingerprint density at radius 2 is 1.59 bits per heavy atom. The molecule has 0 aliphatic carbocycles. The van der Waals surface area contributed by atoms with Gasteiger partial charge in [0.05, 0.1) is 24.6 Å². The second-order valence-electron chi connectivity index (χ2n) is 6.01. The van der Waals surface area contributed by atoms with Crippen molar-refractivity contribution in [2.75, 3.05) is 31.3 Å². The van der Waals surface area contributed by atoms with Gasteiger partial charge in [0.2, 0.25) is 15.9 Å². The van der Waals surface area contributed by atoms with Crippen LogP contribution in [0, 0.1) is 0 Å². The number of esters is 1. The first kappa shape index (κ1) is 20.4. The Bertz CT molecular complexity index is 913. The molecular weight excluding hydrogens is 368 g/mol. The molecule has 0 radical (unpaired) electrons. The molecule has 0 saturated carbocycles. The third kappa shape index (κ3) is 5.30. The van der Waals surface area contributed by atoms with Gasteiger partial charge in [-0.1, -0.05) is 42.5 Å². The summed E-state index contributed by atoms with van der Waals surface area (Å²) in [7, 11) is -0.995. The van der Waals surface area contributed by atoms with Crippen molar-refractivity contribution in [1.29, 1.82) is 0 Å². The number of sulfonamides is 1. The van der Waals surface area contributed by atoms with Gasteiger partial charge in [-0.15, -0.1) is 0 Å². The first-order valence-electron chi connectivity index (χ1n) is 8.17. The predicted octanol–water partition coefficient (Wildman–Crippen LogP) is 1.90. The van der Waals surface area contributed by atoms with Gasteiger partial charge in [0.25, 0.3) is 0 Å². The zero-order chi connectivity index (χ0) is 20.0. The van der Waals surface area contributed by atoms with Crippen LogP contribution in [-0.4, -0.2) is 52.2 Å². The maximum Gasteiger partial charge on any atom is 0.340 e. The molecule has 0 fully saturated rings. The number of likely N-dealkylation sites (N-methyl/N-ethyl adjacent to an activating group) is 1. The van der Waals surface area contributed by atoms with Crippen molar-refractivity contribution in [3.05, 3.63) is 65.7 Å². The molecule has 0 saturated heterocycles. The van der Waals surface area contributed by atoms with Gasteiger partial charge < -0.3 is 9.64 Å². The molecule has 0 aromatic heterocycles. The second-order valence-corrected chi connectivity index (χ2v) is 7.92. The van der Waals surface area contributed by atoms with Gasteiger partial charge in [-0.25, -0.2) is 13.2 Å². The SMILES string of the molecule is COC(=O)c1ccccc1N(CC(=O)N(C)Cc1ccccc1)S(C)(=O)=O. The fourth-order valence-corrected chi connectivity index (χ4v) is 3.41. The molecular formula is C19H22N2O5S. The van der Waals surface area contributed by atoms with E-state index >= 15 is 0 Å². The summed E-state index contributed by atoms with van der Waals surface area (Å²) >= 11 is 0. The normalized spacial score (nSPS) is 10.9. The van der Waals surface area contributed by atoms with E-state index in [0.717, 1.165) is 16.1 Å². The molecule has 2 aromatic rings. The van der Waals surface area contributed by atoms with Gasteiger partial charge in [-0.05, 0) is 17.7 Å². The highest BCUT2D eigenvalue weighted by Crippen LogP contribution is 2.24. The van der Waals surface area contributed by atoms with Crippen LogP contribution in [0.5, 0.6) is 0 Å². The van der Waals surface area contributed by atoms with Crippen LogP contribution < -0.4 is 4.31 Å². The molecule has 0 spiro atoms. The fraction of sp³-hybridized carbons (Fsp3) is 0.263. The molecule has 7 nitrogen and oxygen atoms in total. The molecule has 144 valence electrons. The molecule has 0 unspecified atom stereocenters. The smallest absolute Gasteiger partial charge is 0.340 e. The summed E-state index contributed by atoms with van der Waals surface area (Å²) in [6.45, 7) is -0.0773. The lowest BCUT2D eigenvalue weighted by Crippen LogP contribution is -2.41. The number of rotatable bonds is 7. The Labute approximate surface area is 159 Å². The minimum atomic E-state index is -3.81. The molecule has 0 aliphatic rings. The highest BCUT2D eigenvalue weighted by molar-refractivity contribution is 7.92. The minimum Gasteiger partial charge on any atom is -0.465 e. The Morgan fingerprint density at radius 3 is 2.19 bits per heavy atom. The van der Waals surface area contributed by atoms with E-state index in [2.05, 4.69) is 0 Å². The highest BCUT2D eigenvalue weighted by atomic mass is 32.2. The maximum absolute atomic E-state index is 12.6. The zero-order valence-electron chi connectivity index (χ0n) is 15.5. The molecule has 0 heterocycles. The summed E-state index contributed by atoms with van der Waals surface area (Å²) in [6, 6.07) is 15.5. The Kier molecular flexibility index (Phi) is 6.57. The van der Waals surface area contributed by atoms with Crippen LogP contribution in [-0.2, 0) is 26.1 Å². The van der Waals surface area contributed by atoms with Gasteiger partial charge in [-0.2, -0.15) is 0 Å². The van der Waals surface area contributed by atoms with E-state index in [-0.39, 0.29) is 11.3 Å². The molecule has 0 aliphatic heterocycles. The van der Waals surface area contributed by atoms with Crippen molar-refractivity contribution >= 4 is 27.6 Å². The van der Waals surface area contributed by atoms with Crippen LogP contribution in [0.1, 0.15) is 15.9 Å². The van der Waals surface area contributed by atoms with Gasteiger partial charge in [0.15, 0.2) is 0 Å². The van der Waals surface area contributed by atoms with Crippen LogP contribution >= 0.6 is 0 Å². The molecule has 2 rings (SSSR count). The van der Waals surface area contributed by atoms with Crippen LogP contribution in [0.4, 0.5) is 5.69 Å². The first-order chi connectivity index (χ1) is 12.7. The van der Waals surface area contributed by atoms with Crippen molar-refractivity contribution in [3.8, 4) is 0 Å². The molecule has 2 aromatic carbocycles. The lowest BCUT2D eigenvalue weighted by atomic mass is 10.2. The van der Waals surface area contributed by atoms with E-state index in [0.29, 0.717) is 6.54 Å². The third-order valence-corrected chi connectivity index (χ3v) is 5.07. The van der Waals surface area contributed by atoms with E-state index in [4.69, 9.17) is 4.74 Å². The molecule has 0 bridgehead atoms. The standard InChI is InChI=1S/C19H22N2O5S/c1-20(13-15-9-5-4-6-10-15)18(22)14-21(27(3,24)25)17-12-8-7-11-16(17)19(23)26-2/h4-12H,13-14H2,1-3H3. The molecule has 8 heteroatoms. The number of carbonyl (C=O) groups excluding carboxylic acids is 2. The van der Waals surface area contributed by atoms with Crippen molar-refractivity contribution in [1.82, 2.24) is 4.90 Å². The predicted molar refractivity (Wildman–Crippen MR) is 103 cm³/mol. The summed E-state index contributed by atoms with van der Waals surface area (Å²) in [5, 5.41) is 0. The molecule has 0 atom stereocenters. The largest absolute Gasteiger partial charge is 0.465 e. The number of benzene rings is 2. The number of ether oxygens (including phenoxy) is 1. The second kappa shape index (κ2) is 8.68. The maximum atomic E-state index is 12.6. The topological polar surface area (TPSA) is 84.0 Å². The van der Waals surface area contributed by atoms with Gasteiger partial charge in [0, 0.05) is 13.6 Å². The van der Waals surface area contributed by atoms with Crippen LogP contribution in [0.2, 0.25) is 0 Å². The molecule has 27 heavy (non-hydrogen) atoms. The Balaban J connectivity index is 2.29. The lowest BCUT2D eigenvalue weighted by molar-refractivity contribution is -0.128. The van der Waals surface area contributed by atoms with Crippen molar-refractivity contribution < 1.29 is 22.7 Å². The van der Waals surface area contributed by atoms with E-state index in [1.54, 1.807) is 19.2 Å². The molecule has 0 N–H and O–H groups in total. The number of para-hydroxylation sites is 1. The van der Waals surface area contributed by atoms with Crippen molar-refractivity contribution in [2.45, 2.75) is 6.54 Å². The summed E-state index contributed by atoms with van der Waals surface area (Å²) in [6.07, 6.45) is 0.992. The van der Waals surface area contributed by atoms with Crippen molar-refractivity contribution in [2.24, 2.45) is 0 Å². The summed E-state index contributed by atoms with van der Waals surface area (Å²) in [5.41, 5.74) is 1.10. The van der Waals surface area contributed by atoms with Crippen LogP contribution in [0.25, 0.3) is 0 Å². The van der Waals surface area contributed by atoms with Gasteiger partial charge >= 0.3 is 5.97 Å². The number of amides is 1. The quantitative estimate of drug-likeness (QED) is 0.674. The van der Waals surface area contributed by atoms with E-state index < -0.39 is 28.4 Å². The summed E-state index contributed by atoms with van der Waals surface area (Å²) in [5.74, 6) is -1.08. The number of hydrogen-bond acceptors (Lipinski definition) is 5. The minimum absolute atomic E-state index is 0.0731. The zero-order valence-corrected chi connectivity index (χ0v) is 16.3. The van der Waals surface area contributed by atoms with E-state index in [1.165, 1.54) is 24.1 Å². The Morgan fingerprint density at radius 1 is 1.00 bits per heavy atom. The lowest BCUT2D eigenvalue weighted by Gasteiger charge is -2.26. The summed E-state index contributed by atoms with van der Waals surface area (Å²) in [4.78, 5) is 26.1. The summed E-state index contributed by atoms with van der Waals surface area (Å²) < 4.78 is 30.3. The van der Waals surface area contributed by atoms with Gasteiger partial charge in [0.1, 0.15) is 6.54 Å². The van der Waals surface area contributed by atoms with E-state index in [1.807, 2.05) is 30.3 Å². The Hall–Kier alpha value is -2.87. The average molecular weight is 390 g/mol. The van der Waals surface area contributed by atoms with Gasteiger partial charge in [-0.3, -0.25) is 9.10 Å². The molecule has 1 amide bonds. The number of nitrogens with zero attached hydrogens (tertiary/aromatic N) is 2. The van der Waals surface area contributed by atoms with Crippen LogP contribution in [0.3, 0.4) is 0 Å². The number of anilines is 1. The average Bonchev–Trinajstić information content (AvgIpc) is 2.65. The number of methoxy groups -OCH3 is 1.